The lowest BCUT2D eigenvalue weighted by atomic mass is 10.0. The van der Waals surface area contributed by atoms with Crippen LogP contribution in [-0.4, -0.2) is 100 Å². The van der Waals surface area contributed by atoms with Crippen molar-refractivity contribution in [3.63, 3.8) is 0 Å². The van der Waals surface area contributed by atoms with Crippen molar-refractivity contribution >= 4 is 11.4 Å². The van der Waals surface area contributed by atoms with E-state index in [1.807, 2.05) is 0 Å². The summed E-state index contributed by atoms with van der Waals surface area (Å²) in [7, 11) is 0. The number of epoxide rings is 2. The van der Waals surface area contributed by atoms with E-state index in [-0.39, 0.29) is 25.4 Å². The zero-order valence-electron chi connectivity index (χ0n) is 22.7. The summed E-state index contributed by atoms with van der Waals surface area (Å²) in [6, 6.07) is 17.0. The fraction of sp³-hybridized carbons (Fsp3) is 0.484. The molecule has 0 spiro atoms. The Bertz CT molecular complexity index is 925. The summed E-state index contributed by atoms with van der Waals surface area (Å²) in [6.45, 7) is 12.7. The Morgan fingerprint density at radius 1 is 0.744 bits per heavy atom. The van der Waals surface area contributed by atoms with Crippen LogP contribution < -0.4 is 9.80 Å². The van der Waals surface area contributed by atoms with Crippen LogP contribution in [0.2, 0.25) is 0 Å². The minimum atomic E-state index is -0.589. The second-order valence-corrected chi connectivity index (χ2v) is 10.2. The first kappa shape index (κ1) is 29.3. The highest BCUT2D eigenvalue weighted by Gasteiger charge is 2.28. The molecular formula is C31H42N2O6. The van der Waals surface area contributed by atoms with Crippen LogP contribution in [0.25, 0.3) is 0 Å². The van der Waals surface area contributed by atoms with E-state index in [4.69, 9.17) is 18.9 Å². The summed E-state index contributed by atoms with van der Waals surface area (Å²) >= 11 is 0. The van der Waals surface area contributed by atoms with Gasteiger partial charge in [0, 0.05) is 37.6 Å². The summed E-state index contributed by atoms with van der Waals surface area (Å²) in [4.78, 5) is 4.32. The molecule has 2 aliphatic rings. The molecule has 4 unspecified atom stereocenters. The molecule has 2 heterocycles. The molecule has 2 aromatic carbocycles. The summed E-state index contributed by atoms with van der Waals surface area (Å²) in [6.07, 6.45) is 3.44. The lowest BCUT2D eigenvalue weighted by Crippen LogP contribution is -2.37. The van der Waals surface area contributed by atoms with Crippen LogP contribution in [0.1, 0.15) is 11.1 Å². The number of ether oxygens (including phenoxy) is 4. The van der Waals surface area contributed by atoms with Crippen LogP contribution >= 0.6 is 0 Å². The number of hydrogen-bond acceptors (Lipinski definition) is 8. The Morgan fingerprint density at radius 3 is 1.46 bits per heavy atom. The van der Waals surface area contributed by atoms with Crippen molar-refractivity contribution in [2.45, 2.75) is 30.8 Å². The average Bonchev–Trinajstić information content (AvgIpc) is 3.87. The van der Waals surface area contributed by atoms with Crippen LogP contribution in [0.4, 0.5) is 11.4 Å². The lowest BCUT2D eigenvalue weighted by molar-refractivity contribution is 0.0530. The fourth-order valence-corrected chi connectivity index (χ4v) is 4.48. The molecule has 2 saturated heterocycles. The summed E-state index contributed by atoms with van der Waals surface area (Å²) in [5, 5.41) is 20.8. The molecule has 2 fully saturated rings. The molecular weight excluding hydrogens is 496 g/mol. The van der Waals surface area contributed by atoms with Crippen molar-refractivity contribution in [2.75, 3.05) is 75.6 Å². The molecule has 8 nitrogen and oxygen atoms in total. The third kappa shape index (κ3) is 10.4. The molecule has 39 heavy (non-hydrogen) atoms. The largest absolute Gasteiger partial charge is 0.389 e. The number of rotatable bonds is 20. The summed E-state index contributed by atoms with van der Waals surface area (Å²) < 4.78 is 21.7. The van der Waals surface area contributed by atoms with Gasteiger partial charge in [0.2, 0.25) is 0 Å². The minimum Gasteiger partial charge on any atom is -0.389 e. The molecule has 0 aliphatic carbocycles. The van der Waals surface area contributed by atoms with E-state index in [1.54, 1.807) is 12.2 Å². The second-order valence-electron chi connectivity index (χ2n) is 10.2. The van der Waals surface area contributed by atoms with Crippen LogP contribution in [-0.2, 0) is 25.4 Å². The van der Waals surface area contributed by atoms with Gasteiger partial charge in [-0.05, 0) is 41.8 Å². The maximum Gasteiger partial charge on any atom is 0.0984 e. The third-order valence-corrected chi connectivity index (χ3v) is 6.62. The lowest BCUT2D eigenvalue weighted by Gasteiger charge is -2.27. The van der Waals surface area contributed by atoms with E-state index in [0.29, 0.717) is 26.3 Å². The molecule has 0 aromatic heterocycles. The van der Waals surface area contributed by atoms with Crippen molar-refractivity contribution < 1.29 is 29.2 Å². The highest BCUT2D eigenvalue weighted by Crippen LogP contribution is 2.24. The molecule has 2 aromatic rings. The van der Waals surface area contributed by atoms with E-state index < -0.39 is 12.2 Å². The van der Waals surface area contributed by atoms with E-state index in [2.05, 4.69) is 71.5 Å². The van der Waals surface area contributed by atoms with Gasteiger partial charge in [0.25, 0.3) is 0 Å². The van der Waals surface area contributed by atoms with Crippen LogP contribution in [0.3, 0.4) is 0 Å². The van der Waals surface area contributed by atoms with E-state index in [9.17, 15) is 10.2 Å². The quantitative estimate of drug-likeness (QED) is 0.151. The SMILES string of the molecule is C=CCOCC(O)CN(CC1CO1)c1ccc(Cc2ccc(N(CC(O)COCC=C)CC3CO3)cc2)cc1. The number of hydrogen-bond donors (Lipinski definition) is 2. The predicted molar refractivity (Wildman–Crippen MR) is 154 cm³/mol. The van der Waals surface area contributed by atoms with Crippen molar-refractivity contribution in [3.8, 4) is 0 Å². The molecule has 8 heteroatoms. The fourth-order valence-electron chi connectivity index (χ4n) is 4.48. The first-order chi connectivity index (χ1) is 19.0. The molecule has 0 radical (unpaired) electrons. The number of anilines is 2. The van der Waals surface area contributed by atoms with E-state index in [1.165, 1.54) is 11.1 Å². The maximum atomic E-state index is 10.4. The van der Waals surface area contributed by atoms with Crippen LogP contribution in [0, 0.1) is 0 Å². The van der Waals surface area contributed by atoms with Crippen molar-refractivity contribution in [1.29, 1.82) is 0 Å². The highest BCUT2D eigenvalue weighted by molar-refractivity contribution is 5.51. The standard InChI is InChI=1S/C31H42N2O6/c1-3-13-36-20-28(34)16-32(18-30-22-38-30)26-9-5-24(6-10-26)15-25-7-11-27(12-8-25)33(19-31-23-39-31)17-29(35)21-37-14-4-2/h3-12,28-31,34-35H,1-2,13-23H2. The molecule has 0 bridgehead atoms. The zero-order valence-corrected chi connectivity index (χ0v) is 22.7. The monoisotopic (exact) mass is 538 g/mol. The van der Waals surface area contributed by atoms with Gasteiger partial charge in [0.05, 0.1) is 64.1 Å². The van der Waals surface area contributed by atoms with Gasteiger partial charge in [-0.3, -0.25) is 0 Å². The Morgan fingerprint density at radius 2 is 1.13 bits per heavy atom. The van der Waals surface area contributed by atoms with Gasteiger partial charge in [0.15, 0.2) is 0 Å². The Kier molecular flexibility index (Phi) is 11.4. The van der Waals surface area contributed by atoms with Gasteiger partial charge >= 0.3 is 0 Å². The van der Waals surface area contributed by atoms with Crippen molar-refractivity contribution in [3.05, 3.63) is 85.0 Å². The normalized spacial score (nSPS) is 19.2. The topological polar surface area (TPSA) is 90.5 Å². The number of benzene rings is 2. The van der Waals surface area contributed by atoms with E-state index in [0.717, 1.165) is 44.1 Å². The summed E-state index contributed by atoms with van der Waals surface area (Å²) in [5.41, 5.74) is 4.53. The molecule has 4 rings (SSSR count). The molecule has 0 saturated carbocycles. The van der Waals surface area contributed by atoms with Gasteiger partial charge in [-0.15, -0.1) is 13.2 Å². The second kappa shape index (κ2) is 15.2. The van der Waals surface area contributed by atoms with Gasteiger partial charge in [-0.1, -0.05) is 36.4 Å². The van der Waals surface area contributed by atoms with Gasteiger partial charge < -0.3 is 39.0 Å². The Labute approximate surface area is 232 Å². The first-order valence-electron chi connectivity index (χ1n) is 13.7. The summed E-state index contributed by atoms with van der Waals surface area (Å²) in [5.74, 6) is 0. The van der Waals surface area contributed by atoms with Gasteiger partial charge in [-0.2, -0.15) is 0 Å². The molecule has 212 valence electrons. The average molecular weight is 539 g/mol. The van der Waals surface area contributed by atoms with Crippen molar-refractivity contribution in [1.82, 2.24) is 0 Å². The van der Waals surface area contributed by atoms with Crippen LogP contribution in [0.5, 0.6) is 0 Å². The van der Waals surface area contributed by atoms with Crippen molar-refractivity contribution in [2.24, 2.45) is 0 Å². The number of aliphatic hydroxyl groups excluding tert-OH is 2. The Hall–Kier alpha value is -2.72. The number of aliphatic hydroxyl groups is 2. The smallest absolute Gasteiger partial charge is 0.0984 e. The molecule has 2 aliphatic heterocycles. The van der Waals surface area contributed by atoms with Gasteiger partial charge in [-0.25, -0.2) is 0 Å². The highest BCUT2D eigenvalue weighted by atomic mass is 16.6. The van der Waals surface area contributed by atoms with Gasteiger partial charge in [0.1, 0.15) is 0 Å². The molecule has 4 atom stereocenters. The first-order valence-corrected chi connectivity index (χ1v) is 13.7. The van der Waals surface area contributed by atoms with E-state index >= 15 is 0 Å². The maximum absolute atomic E-state index is 10.4. The zero-order chi connectivity index (χ0) is 27.5. The molecule has 0 amide bonds. The number of nitrogens with zero attached hydrogens (tertiary/aromatic N) is 2. The van der Waals surface area contributed by atoms with Crippen LogP contribution in [0.15, 0.2) is 73.8 Å². The minimum absolute atomic E-state index is 0.219. The third-order valence-electron chi connectivity index (χ3n) is 6.62. The predicted octanol–water partition coefficient (Wildman–Crippen LogP) is 2.81. The molecule has 2 N–H and O–H groups in total. The Balaban J connectivity index is 1.33.